The lowest BCUT2D eigenvalue weighted by atomic mass is 10.7. The third kappa shape index (κ3) is 147. The molecule has 9 heavy (non-hydrogen) atoms. The Morgan fingerprint density at radius 2 is 2.33 bits per heavy atom. The van der Waals surface area contributed by atoms with Crippen LogP contribution in [0.2, 0.25) is 0 Å². The molecule has 54 valence electrons. The molecule has 4 nitrogen and oxygen atoms in total. The maximum atomic E-state index is 9.00. The lowest BCUT2D eigenvalue weighted by molar-refractivity contribution is -0.134. The summed E-state index contributed by atoms with van der Waals surface area (Å²) < 4.78 is 0. The molecule has 0 unspecified atom stereocenters. The number of nitrogens with one attached hydrogen (secondary N) is 1. The van der Waals surface area contributed by atoms with Gasteiger partial charge >= 0.3 is 0 Å². The summed E-state index contributed by atoms with van der Waals surface area (Å²) in [5.74, 6) is 3.98. The summed E-state index contributed by atoms with van der Waals surface area (Å²) in [6.07, 6.45) is 1.69. The van der Waals surface area contributed by atoms with Crippen LogP contribution in [-0.2, 0) is 4.79 Å². The van der Waals surface area contributed by atoms with Crippen molar-refractivity contribution in [1.29, 1.82) is 0 Å². The lowest BCUT2D eigenvalue weighted by Gasteiger charge is -1.80. The Morgan fingerprint density at radius 1 is 2.00 bits per heavy atom. The number of carboxylic acid groups (broad SMARTS) is 1. The summed E-state index contributed by atoms with van der Waals surface area (Å²) in [7, 11) is 0. The molecule has 0 aliphatic rings. The molecule has 0 aliphatic carbocycles. The average molecular weight is 132 g/mol. The predicted molar refractivity (Wildman–Crippen MR) is 35.7 cm³/mol. The fourth-order valence-electron chi connectivity index (χ4n) is 0.0833. The fraction of sp³-hybridized carbons (Fsp3) is 0.400. The van der Waals surface area contributed by atoms with Gasteiger partial charge in [-0.3, -0.25) is 16.1 Å². The Kier molecular flexibility index (Phi) is 12.4. The predicted octanol–water partition coefficient (Wildman–Crippen LogP) is -0.273. The SMILES string of the molecule is C=CCNN.CC(=O)O. The largest absolute Gasteiger partial charge is 0.481 e. The fourth-order valence-corrected chi connectivity index (χ4v) is 0.0833. The van der Waals surface area contributed by atoms with Crippen LogP contribution >= 0.6 is 0 Å². The molecule has 0 aromatic rings. The second-order valence-corrected chi connectivity index (χ2v) is 1.22. The summed E-state index contributed by atoms with van der Waals surface area (Å²) in [4.78, 5) is 9.00. The van der Waals surface area contributed by atoms with Crippen molar-refractivity contribution in [3.05, 3.63) is 12.7 Å². The Balaban J connectivity index is 0. The van der Waals surface area contributed by atoms with Gasteiger partial charge in [0.15, 0.2) is 0 Å². The molecule has 0 fully saturated rings. The second kappa shape index (κ2) is 10.2. The molecule has 0 saturated heterocycles. The minimum absolute atomic E-state index is 0.681. The molecule has 0 rings (SSSR count). The second-order valence-electron chi connectivity index (χ2n) is 1.22. The first kappa shape index (κ1) is 11.0. The molecule has 0 bridgehead atoms. The molecule has 0 spiro atoms. The maximum Gasteiger partial charge on any atom is 0.300 e. The van der Waals surface area contributed by atoms with Crippen LogP contribution in [0.15, 0.2) is 12.7 Å². The van der Waals surface area contributed by atoms with Crippen LogP contribution in [0.25, 0.3) is 0 Å². The van der Waals surface area contributed by atoms with Gasteiger partial charge in [-0.15, -0.1) is 6.58 Å². The van der Waals surface area contributed by atoms with Gasteiger partial charge in [0.05, 0.1) is 0 Å². The highest BCUT2D eigenvalue weighted by Gasteiger charge is 1.65. The Labute approximate surface area is 54.3 Å². The monoisotopic (exact) mass is 132 g/mol. The standard InChI is InChI=1S/C3H8N2.C2H4O2/c1-2-3-5-4;1-2(3)4/h2,5H,1,3-4H2;1H3,(H,3,4). The van der Waals surface area contributed by atoms with Gasteiger partial charge < -0.3 is 5.11 Å². The molecule has 0 saturated carbocycles. The minimum Gasteiger partial charge on any atom is -0.481 e. The third-order valence-corrected chi connectivity index (χ3v) is 0.262. The number of hydrazine groups is 1. The molecular formula is C5H12N2O2. The molecule has 0 radical (unpaired) electrons. The Bertz CT molecular complexity index is 79.0. The topological polar surface area (TPSA) is 75.3 Å². The molecule has 4 N–H and O–H groups in total. The van der Waals surface area contributed by atoms with Crippen molar-refractivity contribution in [3.63, 3.8) is 0 Å². The average Bonchev–Trinajstić information content (AvgIpc) is 1.66. The summed E-state index contributed by atoms with van der Waals surface area (Å²) in [6, 6.07) is 0. The highest BCUT2D eigenvalue weighted by molar-refractivity contribution is 5.62. The van der Waals surface area contributed by atoms with Crippen molar-refractivity contribution in [3.8, 4) is 0 Å². The van der Waals surface area contributed by atoms with Gasteiger partial charge in [-0.1, -0.05) is 6.08 Å². The van der Waals surface area contributed by atoms with Crippen molar-refractivity contribution < 1.29 is 9.90 Å². The first-order chi connectivity index (χ1) is 4.15. The van der Waals surface area contributed by atoms with Gasteiger partial charge in [0.25, 0.3) is 5.97 Å². The van der Waals surface area contributed by atoms with Crippen molar-refractivity contribution >= 4 is 5.97 Å². The van der Waals surface area contributed by atoms with Crippen LogP contribution in [0.5, 0.6) is 0 Å². The molecule has 0 aromatic carbocycles. The minimum atomic E-state index is -0.833. The zero-order valence-corrected chi connectivity index (χ0v) is 5.42. The maximum absolute atomic E-state index is 9.00. The highest BCUT2D eigenvalue weighted by Crippen LogP contribution is 1.46. The summed E-state index contributed by atoms with van der Waals surface area (Å²) in [5, 5.41) is 7.42. The first-order valence-electron chi connectivity index (χ1n) is 2.39. The zero-order chi connectivity index (χ0) is 7.70. The van der Waals surface area contributed by atoms with Gasteiger partial charge in [0.2, 0.25) is 0 Å². The summed E-state index contributed by atoms with van der Waals surface area (Å²) in [5.41, 5.74) is 2.40. The first-order valence-corrected chi connectivity index (χ1v) is 2.39. The normalized spacial score (nSPS) is 6.89. The van der Waals surface area contributed by atoms with E-state index in [1.807, 2.05) is 0 Å². The van der Waals surface area contributed by atoms with Gasteiger partial charge in [0, 0.05) is 13.5 Å². The van der Waals surface area contributed by atoms with Crippen LogP contribution in [0.4, 0.5) is 0 Å². The molecule has 0 aliphatic heterocycles. The Morgan fingerprint density at radius 3 is 2.33 bits per heavy atom. The molecule has 0 aromatic heterocycles. The number of carboxylic acids is 1. The van der Waals surface area contributed by atoms with Crippen LogP contribution in [0.3, 0.4) is 0 Å². The number of hydrogen-bond acceptors (Lipinski definition) is 3. The van der Waals surface area contributed by atoms with Gasteiger partial charge in [-0.2, -0.15) is 0 Å². The van der Waals surface area contributed by atoms with Gasteiger partial charge in [0.1, 0.15) is 0 Å². The van der Waals surface area contributed by atoms with Crippen molar-refractivity contribution in [2.45, 2.75) is 6.92 Å². The number of hydrogen-bond donors (Lipinski definition) is 3. The molecule has 0 heterocycles. The van der Waals surface area contributed by atoms with E-state index in [-0.39, 0.29) is 0 Å². The van der Waals surface area contributed by atoms with Gasteiger partial charge in [-0.25, -0.2) is 0 Å². The highest BCUT2D eigenvalue weighted by atomic mass is 16.4. The van der Waals surface area contributed by atoms with Crippen LogP contribution in [0.1, 0.15) is 6.92 Å². The van der Waals surface area contributed by atoms with Crippen LogP contribution in [0, 0.1) is 0 Å². The van der Waals surface area contributed by atoms with E-state index in [0.29, 0.717) is 6.54 Å². The quantitative estimate of drug-likeness (QED) is 0.274. The number of rotatable bonds is 2. The number of aliphatic carboxylic acids is 1. The molecule has 0 amide bonds. The van der Waals surface area contributed by atoms with Crippen LogP contribution < -0.4 is 11.3 Å². The van der Waals surface area contributed by atoms with Crippen molar-refractivity contribution in [2.24, 2.45) is 5.84 Å². The van der Waals surface area contributed by atoms with E-state index in [1.54, 1.807) is 6.08 Å². The van der Waals surface area contributed by atoms with Crippen molar-refractivity contribution in [2.75, 3.05) is 6.54 Å². The lowest BCUT2D eigenvalue weighted by Crippen LogP contribution is -2.20. The summed E-state index contributed by atoms with van der Waals surface area (Å²) in [6.45, 7) is 5.17. The summed E-state index contributed by atoms with van der Waals surface area (Å²) >= 11 is 0. The van der Waals surface area contributed by atoms with E-state index in [9.17, 15) is 0 Å². The van der Waals surface area contributed by atoms with Crippen LogP contribution in [-0.4, -0.2) is 17.6 Å². The molecule has 4 heteroatoms. The number of nitrogens with two attached hydrogens (primary N) is 1. The number of carbonyl (C=O) groups is 1. The third-order valence-electron chi connectivity index (χ3n) is 0.262. The molecule has 0 atom stereocenters. The Hall–Kier alpha value is -0.870. The van der Waals surface area contributed by atoms with Crippen molar-refractivity contribution in [1.82, 2.24) is 5.43 Å². The van der Waals surface area contributed by atoms with Gasteiger partial charge in [-0.05, 0) is 0 Å². The zero-order valence-electron chi connectivity index (χ0n) is 5.42. The molecular weight excluding hydrogens is 120 g/mol. The smallest absolute Gasteiger partial charge is 0.300 e. The van der Waals surface area contributed by atoms with E-state index in [0.717, 1.165) is 6.92 Å². The van der Waals surface area contributed by atoms with E-state index < -0.39 is 5.97 Å². The van der Waals surface area contributed by atoms with E-state index in [2.05, 4.69) is 12.0 Å². The van der Waals surface area contributed by atoms with E-state index in [4.69, 9.17) is 15.7 Å². The van der Waals surface area contributed by atoms with E-state index in [1.165, 1.54) is 0 Å². The van der Waals surface area contributed by atoms with E-state index >= 15 is 0 Å².